The molecule has 5 heteroatoms. The number of halogens is 1. The summed E-state index contributed by atoms with van der Waals surface area (Å²) in [6.07, 6.45) is 10.3. The average molecular weight is 386 g/mol. The molecular formula is C21H22ClN2OS+. The SMILES string of the molecule is C=CCNC(=S)C(C(=O)c1ccccc1Cl)[n+]1ccc2c(c1)CCCC2. The second-order valence-electron chi connectivity index (χ2n) is 6.43. The van der Waals surface area contributed by atoms with E-state index >= 15 is 0 Å². The third-order valence-electron chi connectivity index (χ3n) is 4.66. The number of carbonyl (C=O) groups is 1. The van der Waals surface area contributed by atoms with Crippen molar-refractivity contribution in [2.45, 2.75) is 31.7 Å². The van der Waals surface area contributed by atoms with Gasteiger partial charge in [-0.15, -0.1) is 6.58 Å². The largest absolute Gasteiger partial charge is 0.370 e. The second kappa shape index (κ2) is 8.56. The minimum Gasteiger partial charge on any atom is -0.370 e. The summed E-state index contributed by atoms with van der Waals surface area (Å²) >= 11 is 11.8. The lowest BCUT2D eigenvalue weighted by Gasteiger charge is -2.18. The lowest BCUT2D eigenvalue weighted by atomic mass is 9.93. The first-order chi connectivity index (χ1) is 12.6. The highest BCUT2D eigenvalue weighted by Crippen LogP contribution is 2.22. The number of fused-ring (bicyclic) bond motifs is 1. The third kappa shape index (κ3) is 4.02. The Bertz CT molecular complexity index is 850. The number of benzene rings is 1. The highest BCUT2D eigenvalue weighted by Gasteiger charge is 2.34. The minimum absolute atomic E-state index is 0.113. The van der Waals surface area contributed by atoms with Crippen molar-refractivity contribution >= 4 is 34.6 Å². The van der Waals surface area contributed by atoms with Gasteiger partial charge in [-0.2, -0.15) is 4.57 Å². The predicted molar refractivity (Wildman–Crippen MR) is 109 cm³/mol. The molecule has 1 aromatic carbocycles. The molecule has 1 unspecified atom stereocenters. The molecule has 1 heterocycles. The number of nitrogens with one attached hydrogen (secondary N) is 1. The zero-order valence-corrected chi connectivity index (χ0v) is 16.2. The van der Waals surface area contributed by atoms with Crippen LogP contribution in [0.25, 0.3) is 0 Å². The maximum Gasteiger partial charge on any atom is 0.270 e. The van der Waals surface area contributed by atoms with E-state index in [2.05, 4.69) is 24.2 Å². The first kappa shape index (κ1) is 18.7. The minimum atomic E-state index is -0.628. The lowest BCUT2D eigenvalue weighted by Crippen LogP contribution is -2.52. The van der Waals surface area contributed by atoms with Gasteiger partial charge in [0.1, 0.15) is 0 Å². The standard InChI is InChI=1S/C21H21ClN2OS/c1-2-12-23-21(26)19(20(25)17-9-5-6-10-18(17)22)24-13-11-15-7-3-4-8-16(15)14-24/h2,5-6,9-11,13-14,19H,1,3-4,7-8,12H2/p+1. The van der Waals surface area contributed by atoms with Crippen LogP contribution in [-0.2, 0) is 12.8 Å². The fourth-order valence-electron chi connectivity index (χ4n) is 3.32. The number of hydrogen-bond acceptors (Lipinski definition) is 2. The Kier molecular flexibility index (Phi) is 6.17. The van der Waals surface area contributed by atoms with Crippen LogP contribution in [0.3, 0.4) is 0 Å². The summed E-state index contributed by atoms with van der Waals surface area (Å²) in [5.41, 5.74) is 3.13. The molecule has 1 aliphatic carbocycles. The predicted octanol–water partition coefficient (Wildman–Crippen LogP) is 4.03. The first-order valence-corrected chi connectivity index (χ1v) is 9.60. The number of rotatable bonds is 6. The van der Waals surface area contributed by atoms with Gasteiger partial charge in [-0.3, -0.25) is 4.79 Å². The van der Waals surface area contributed by atoms with Crippen LogP contribution < -0.4 is 9.88 Å². The Labute approximate surface area is 164 Å². The number of thiocarbonyl (C=S) groups is 1. The maximum atomic E-state index is 13.3. The number of carbonyl (C=O) groups excluding carboxylic acids is 1. The van der Waals surface area contributed by atoms with Gasteiger partial charge in [0.2, 0.25) is 5.78 Å². The van der Waals surface area contributed by atoms with E-state index in [1.165, 1.54) is 24.0 Å². The molecule has 3 nitrogen and oxygen atoms in total. The summed E-state index contributed by atoms with van der Waals surface area (Å²) in [5, 5.41) is 3.55. The zero-order chi connectivity index (χ0) is 18.5. The molecule has 26 heavy (non-hydrogen) atoms. The van der Waals surface area contributed by atoms with Crippen molar-refractivity contribution in [3.8, 4) is 0 Å². The summed E-state index contributed by atoms with van der Waals surface area (Å²) in [6, 6.07) is 8.58. The van der Waals surface area contributed by atoms with E-state index in [9.17, 15) is 4.79 Å². The van der Waals surface area contributed by atoms with Crippen LogP contribution in [0.4, 0.5) is 0 Å². The highest BCUT2D eigenvalue weighted by atomic mass is 35.5. The van der Waals surface area contributed by atoms with Crippen molar-refractivity contribution < 1.29 is 9.36 Å². The number of pyridine rings is 1. The molecule has 3 rings (SSSR count). The van der Waals surface area contributed by atoms with E-state index in [1.54, 1.807) is 18.2 Å². The molecule has 0 radical (unpaired) electrons. The highest BCUT2D eigenvalue weighted by molar-refractivity contribution is 7.80. The number of aromatic nitrogens is 1. The Hall–Kier alpha value is -2.04. The molecule has 1 N–H and O–H groups in total. The molecule has 1 aliphatic rings. The summed E-state index contributed by atoms with van der Waals surface area (Å²) < 4.78 is 1.91. The zero-order valence-electron chi connectivity index (χ0n) is 14.6. The summed E-state index contributed by atoms with van der Waals surface area (Å²) in [6.45, 7) is 4.22. The van der Waals surface area contributed by atoms with Crippen molar-refractivity contribution in [1.82, 2.24) is 5.32 Å². The normalized spacial score (nSPS) is 14.2. The first-order valence-electron chi connectivity index (χ1n) is 8.81. The molecule has 2 aromatic rings. The van der Waals surface area contributed by atoms with Crippen LogP contribution in [0.1, 0.15) is 40.4 Å². The van der Waals surface area contributed by atoms with Gasteiger partial charge in [0.15, 0.2) is 17.4 Å². The van der Waals surface area contributed by atoms with E-state index in [-0.39, 0.29) is 5.78 Å². The molecule has 0 spiro atoms. The van der Waals surface area contributed by atoms with Gasteiger partial charge in [0.25, 0.3) is 6.04 Å². The molecule has 0 bridgehead atoms. The Morgan fingerprint density at radius 2 is 2.00 bits per heavy atom. The van der Waals surface area contributed by atoms with Gasteiger partial charge in [0.05, 0.1) is 5.02 Å². The number of ketones is 1. The third-order valence-corrected chi connectivity index (χ3v) is 5.36. The van der Waals surface area contributed by atoms with Gasteiger partial charge in [-0.25, -0.2) is 0 Å². The summed E-state index contributed by atoms with van der Waals surface area (Å²) in [7, 11) is 0. The van der Waals surface area contributed by atoms with Crippen LogP contribution in [0.5, 0.6) is 0 Å². The van der Waals surface area contributed by atoms with E-state index in [1.807, 2.05) is 22.9 Å². The van der Waals surface area contributed by atoms with Gasteiger partial charge >= 0.3 is 0 Å². The fourth-order valence-corrected chi connectivity index (χ4v) is 3.86. The van der Waals surface area contributed by atoms with Crippen molar-refractivity contribution in [2.24, 2.45) is 0 Å². The molecule has 1 aromatic heterocycles. The van der Waals surface area contributed by atoms with Gasteiger partial charge in [0, 0.05) is 23.7 Å². The monoisotopic (exact) mass is 385 g/mol. The number of aryl methyl sites for hydroxylation is 2. The van der Waals surface area contributed by atoms with Gasteiger partial charge in [-0.1, -0.05) is 42.0 Å². The molecule has 1 atom stereocenters. The van der Waals surface area contributed by atoms with Crippen molar-refractivity contribution in [3.63, 3.8) is 0 Å². The number of hydrogen-bond donors (Lipinski definition) is 1. The summed E-state index contributed by atoms with van der Waals surface area (Å²) in [5.74, 6) is -0.113. The average Bonchev–Trinajstić information content (AvgIpc) is 2.66. The molecule has 0 fully saturated rings. The van der Waals surface area contributed by atoms with Crippen LogP contribution >= 0.6 is 23.8 Å². The van der Waals surface area contributed by atoms with Gasteiger partial charge in [-0.05, 0) is 43.4 Å². The van der Waals surface area contributed by atoms with E-state index < -0.39 is 6.04 Å². The fraction of sp³-hybridized carbons (Fsp3) is 0.286. The van der Waals surface area contributed by atoms with E-state index in [0.29, 0.717) is 22.1 Å². The lowest BCUT2D eigenvalue weighted by molar-refractivity contribution is -0.692. The molecule has 0 saturated heterocycles. The molecule has 134 valence electrons. The van der Waals surface area contributed by atoms with Crippen LogP contribution in [0.2, 0.25) is 5.02 Å². The van der Waals surface area contributed by atoms with Crippen molar-refractivity contribution in [1.29, 1.82) is 0 Å². The summed E-state index contributed by atoms with van der Waals surface area (Å²) in [4.78, 5) is 13.7. The molecule has 0 aliphatic heterocycles. The number of nitrogens with zero attached hydrogens (tertiary/aromatic N) is 1. The van der Waals surface area contributed by atoms with E-state index in [4.69, 9.17) is 23.8 Å². The number of Topliss-reactive ketones (excluding diaryl/α,β-unsaturated/α-hetero) is 1. The molecular weight excluding hydrogens is 364 g/mol. The van der Waals surface area contributed by atoms with Crippen molar-refractivity contribution in [3.05, 3.63) is 77.1 Å². The quantitative estimate of drug-likeness (QED) is 0.352. The Morgan fingerprint density at radius 3 is 2.73 bits per heavy atom. The molecule has 0 amide bonds. The van der Waals surface area contributed by atoms with E-state index in [0.717, 1.165) is 12.8 Å². The molecule has 0 saturated carbocycles. The maximum absolute atomic E-state index is 13.3. The Balaban J connectivity index is 2.01. The van der Waals surface area contributed by atoms with Crippen molar-refractivity contribution in [2.75, 3.05) is 6.54 Å². The Morgan fingerprint density at radius 1 is 1.27 bits per heavy atom. The van der Waals surface area contributed by atoms with Crippen LogP contribution in [0, 0.1) is 0 Å². The topological polar surface area (TPSA) is 33.0 Å². The van der Waals surface area contributed by atoms with Gasteiger partial charge < -0.3 is 5.32 Å². The smallest absolute Gasteiger partial charge is 0.270 e. The van der Waals surface area contributed by atoms with Crippen LogP contribution in [-0.4, -0.2) is 17.3 Å². The van der Waals surface area contributed by atoms with Crippen LogP contribution in [0.15, 0.2) is 55.4 Å². The second-order valence-corrected chi connectivity index (χ2v) is 7.28.